The van der Waals surface area contributed by atoms with E-state index >= 15 is 0 Å². The summed E-state index contributed by atoms with van der Waals surface area (Å²) in [5, 5.41) is 10.5. The van der Waals surface area contributed by atoms with E-state index in [1.807, 2.05) is 11.0 Å². The molecule has 2 saturated heterocycles. The van der Waals surface area contributed by atoms with E-state index in [4.69, 9.17) is 24.6 Å². The average Bonchev–Trinajstić information content (AvgIpc) is 3.54. The number of nitrogens with zero attached hydrogens (tertiary/aromatic N) is 6. The number of aromatic nitrogens is 3. The summed E-state index contributed by atoms with van der Waals surface area (Å²) in [6.45, 7) is 4.18. The van der Waals surface area contributed by atoms with Crippen molar-refractivity contribution in [3.63, 3.8) is 0 Å². The minimum absolute atomic E-state index is 0.135. The van der Waals surface area contributed by atoms with Crippen LogP contribution >= 0.6 is 0 Å². The van der Waals surface area contributed by atoms with Gasteiger partial charge in [-0.25, -0.2) is 9.97 Å². The maximum Gasteiger partial charge on any atom is 0.300 e. The van der Waals surface area contributed by atoms with Crippen molar-refractivity contribution in [2.45, 2.75) is 25.5 Å². The Hall–Kier alpha value is -4.06. The van der Waals surface area contributed by atoms with Crippen LogP contribution in [0.3, 0.4) is 0 Å². The predicted molar refractivity (Wildman–Crippen MR) is 130 cm³/mol. The number of carbonyl (C=O) groups excluding carboxylic acids is 1. The highest BCUT2D eigenvalue weighted by Crippen LogP contribution is 2.44. The van der Waals surface area contributed by atoms with E-state index in [1.165, 1.54) is 12.5 Å². The van der Waals surface area contributed by atoms with Gasteiger partial charge in [-0.1, -0.05) is 0 Å². The van der Waals surface area contributed by atoms with E-state index in [2.05, 4.69) is 14.9 Å². The molecule has 0 aromatic carbocycles. The smallest absolute Gasteiger partial charge is 0.300 e. The third-order valence-electron chi connectivity index (χ3n) is 6.67. The summed E-state index contributed by atoms with van der Waals surface area (Å²) in [5.74, 6) is -0.221. The number of rotatable bonds is 5. The zero-order chi connectivity index (χ0) is 24.6. The second-order valence-electron chi connectivity index (χ2n) is 8.94. The molecule has 3 aliphatic heterocycles. The molecule has 0 saturated carbocycles. The number of carbonyl (C=O) groups is 1. The predicted octanol–water partition coefficient (Wildman–Crippen LogP) is 2.01. The van der Waals surface area contributed by atoms with Gasteiger partial charge >= 0.3 is 0 Å². The number of amides is 1. The van der Waals surface area contributed by atoms with Gasteiger partial charge in [0.1, 0.15) is 12.0 Å². The molecule has 188 valence electrons. The number of fused-ring (bicyclic) bond motifs is 1. The molecule has 3 N–H and O–H groups in total. The number of ether oxygens (including phenoxy) is 2. The maximum atomic E-state index is 12.5. The van der Waals surface area contributed by atoms with E-state index in [9.17, 15) is 9.90 Å². The average molecular weight is 494 g/mol. The Bertz CT molecular complexity index is 1310. The van der Waals surface area contributed by atoms with Gasteiger partial charge in [0.25, 0.3) is 11.9 Å². The van der Waals surface area contributed by atoms with Crippen LogP contribution in [0.5, 0.6) is 5.88 Å². The molecule has 0 bridgehead atoms. The molecular formula is C24H27N7O5. The van der Waals surface area contributed by atoms with Crippen LogP contribution in [0, 0.1) is 0 Å². The van der Waals surface area contributed by atoms with Gasteiger partial charge in [0, 0.05) is 38.4 Å². The molecule has 1 unspecified atom stereocenters. The third-order valence-corrected chi connectivity index (χ3v) is 6.67. The molecule has 3 aromatic rings. The Morgan fingerprint density at radius 2 is 1.89 bits per heavy atom. The summed E-state index contributed by atoms with van der Waals surface area (Å²) < 4.78 is 17.4. The van der Waals surface area contributed by atoms with Gasteiger partial charge < -0.3 is 34.5 Å². The van der Waals surface area contributed by atoms with Gasteiger partial charge in [0.15, 0.2) is 11.4 Å². The van der Waals surface area contributed by atoms with Crippen molar-refractivity contribution in [1.82, 2.24) is 15.0 Å². The molecule has 36 heavy (non-hydrogen) atoms. The monoisotopic (exact) mass is 493 g/mol. The van der Waals surface area contributed by atoms with Crippen LogP contribution in [0.4, 0.5) is 17.5 Å². The fraction of sp³-hybridized carbons (Fsp3) is 0.417. The molecular weight excluding hydrogens is 466 g/mol. The van der Waals surface area contributed by atoms with Crippen LogP contribution in [-0.2, 0) is 14.3 Å². The van der Waals surface area contributed by atoms with Gasteiger partial charge in [0.05, 0.1) is 24.5 Å². The standard InChI is InChI=1S/C24H27N7O5/c25-19(32)17-14-35-23(15-5-4-6-26-22(15)33)31(17)16-13-18-20(27-21(16)29-7-2-1-3-8-29)28-24(36-18)30-9-11-34-12-10-30/h4-6,13-14,23H,1-3,7-12H2,(H2,25,32)(H,26,33). The lowest BCUT2D eigenvalue weighted by Crippen LogP contribution is -2.36. The molecule has 1 atom stereocenters. The molecule has 0 spiro atoms. The van der Waals surface area contributed by atoms with Crippen LogP contribution < -0.4 is 20.4 Å². The van der Waals surface area contributed by atoms with Crippen molar-refractivity contribution < 1.29 is 23.8 Å². The zero-order valence-electron chi connectivity index (χ0n) is 19.7. The Morgan fingerprint density at radius 1 is 1.08 bits per heavy atom. The van der Waals surface area contributed by atoms with Crippen molar-refractivity contribution in [2.75, 3.05) is 54.1 Å². The van der Waals surface area contributed by atoms with Gasteiger partial charge in [-0.3, -0.25) is 9.69 Å². The lowest BCUT2D eigenvalue weighted by atomic mass is 10.1. The Balaban J connectivity index is 1.50. The number of hydrogen-bond donors (Lipinski definition) is 2. The molecule has 3 aromatic heterocycles. The number of aromatic hydroxyl groups is 1. The highest BCUT2D eigenvalue weighted by Gasteiger charge is 2.38. The first kappa shape index (κ1) is 22.4. The van der Waals surface area contributed by atoms with Crippen LogP contribution in [0.1, 0.15) is 31.1 Å². The van der Waals surface area contributed by atoms with Crippen molar-refractivity contribution >= 4 is 34.7 Å². The Kier molecular flexibility index (Phi) is 5.72. The fourth-order valence-corrected chi connectivity index (χ4v) is 4.86. The molecule has 0 radical (unpaired) electrons. The van der Waals surface area contributed by atoms with Crippen molar-refractivity contribution in [2.24, 2.45) is 5.73 Å². The second-order valence-corrected chi connectivity index (χ2v) is 8.94. The summed E-state index contributed by atoms with van der Waals surface area (Å²) in [5.41, 5.74) is 7.80. The lowest BCUT2D eigenvalue weighted by molar-refractivity contribution is -0.114. The molecule has 1 amide bonds. The first-order valence-electron chi connectivity index (χ1n) is 12.1. The molecule has 12 nitrogen and oxygen atoms in total. The minimum atomic E-state index is -0.870. The van der Waals surface area contributed by atoms with Gasteiger partial charge in [-0.2, -0.15) is 4.98 Å². The first-order valence-corrected chi connectivity index (χ1v) is 12.1. The van der Waals surface area contributed by atoms with Crippen LogP contribution in [-0.4, -0.2) is 65.4 Å². The van der Waals surface area contributed by atoms with Crippen LogP contribution in [0.2, 0.25) is 0 Å². The van der Waals surface area contributed by atoms with Crippen LogP contribution in [0.15, 0.2) is 40.8 Å². The quantitative estimate of drug-likeness (QED) is 0.539. The number of pyridine rings is 2. The topological polar surface area (TPSA) is 143 Å². The van der Waals surface area contributed by atoms with E-state index in [1.54, 1.807) is 17.0 Å². The summed E-state index contributed by atoms with van der Waals surface area (Å²) in [6, 6.07) is 5.67. The number of hydrogen-bond acceptors (Lipinski definition) is 11. The highest BCUT2D eigenvalue weighted by molar-refractivity contribution is 5.98. The van der Waals surface area contributed by atoms with E-state index in [0.29, 0.717) is 60.6 Å². The molecule has 6 heterocycles. The Labute approximate surface area is 206 Å². The largest absolute Gasteiger partial charge is 0.493 e. The SMILES string of the molecule is NC(=O)C1=COC(c2cccnc2O)N1c1cc2oc(N3CCOCC3)nc2nc1N1CCCCC1. The Morgan fingerprint density at radius 3 is 2.64 bits per heavy atom. The van der Waals surface area contributed by atoms with Crippen molar-refractivity contribution in [3.8, 4) is 5.88 Å². The van der Waals surface area contributed by atoms with E-state index in [0.717, 1.165) is 32.4 Å². The summed E-state index contributed by atoms with van der Waals surface area (Å²) in [4.78, 5) is 31.9. The molecule has 12 heteroatoms. The number of primary amides is 1. The fourth-order valence-electron chi connectivity index (χ4n) is 4.86. The van der Waals surface area contributed by atoms with E-state index < -0.39 is 12.1 Å². The van der Waals surface area contributed by atoms with Crippen molar-refractivity contribution in [1.29, 1.82) is 0 Å². The van der Waals surface area contributed by atoms with Gasteiger partial charge in [-0.15, -0.1) is 0 Å². The van der Waals surface area contributed by atoms with Crippen molar-refractivity contribution in [3.05, 3.63) is 41.9 Å². The number of nitrogens with two attached hydrogens (primary N) is 1. The number of oxazole rings is 1. The molecule has 0 aliphatic carbocycles. The van der Waals surface area contributed by atoms with Gasteiger partial charge in [0.2, 0.25) is 17.8 Å². The summed E-state index contributed by atoms with van der Waals surface area (Å²) in [6.07, 6.45) is 5.12. The summed E-state index contributed by atoms with van der Waals surface area (Å²) in [7, 11) is 0. The normalized spacial score (nSPS) is 20.5. The zero-order valence-corrected chi connectivity index (χ0v) is 19.7. The number of anilines is 3. The van der Waals surface area contributed by atoms with Crippen LogP contribution in [0.25, 0.3) is 11.2 Å². The lowest BCUT2D eigenvalue weighted by Gasteiger charge is -2.33. The minimum Gasteiger partial charge on any atom is -0.493 e. The third kappa shape index (κ3) is 3.92. The number of piperidine rings is 1. The number of morpholine rings is 1. The second kappa shape index (κ2) is 9.19. The molecule has 6 rings (SSSR count). The van der Waals surface area contributed by atoms with Gasteiger partial charge in [-0.05, 0) is 31.4 Å². The highest BCUT2D eigenvalue weighted by atomic mass is 16.5. The summed E-state index contributed by atoms with van der Waals surface area (Å²) >= 11 is 0. The molecule has 3 aliphatic rings. The molecule has 2 fully saturated rings. The first-order chi connectivity index (χ1) is 17.6. The maximum absolute atomic E-state index is 12.5. The van der Waals surface area contributed by atoms with E-state index in [-0.39, 0.29) is 11.6 Å².